The van der Waals surface area contributed by atoms with E-state index in [1.165, 1.54) is 28.6 Å². The van der Waals surface area contributed by atoms with Crippen LogP contribution < -0.4 is 8.61 Å². The van der Waals surface area contributed by atoms with Gasteiger partial charge in [0.05, 0.1) is 27.9 Å². The van der Waals surface area contributed by atoms with Crippen molar-refractivity contribution >= 4 is 37.3 Å². The van der Waals surface area contributed by atoms with Gasteiger partial charge in [-0.15, -0.1) is 0 Å². The molecule has 2 heterocycles. The molecule has 1 fully saturated rings. The van der Waals surface area contributed by atoms with Gasteiger partial charge in [-0.2, -0.15) is 0 Å². The Kier molecular flexibility index (Phi) is 4.27. The number of fused-ring (bicyclic) bond motifs is 1. The molecule has 1 amide bonds. The van der Waals surface area contributed by atoms with Gasteiger partial charge in [0.2, 0.25) is 15.9 Å². The summed E-state index contributed by atoms with van der Waals surface area (Å²) in [5.41, 5.74) is 1.78. The average molecular weight is 421 g/mol. The van der Waals surface area contributed by atoms with Crippen LogP contribution in [0.15, 0.2) is 53.4 Å². The number of anilines is 2. The van der Waals surface area contributed by atoms with Gasteiger partial charge in [-0.25, -0.2) is 21.1 Å². The van der Waals surface area contributed by atoms with E-state index in [0.29, 0.717) is 12.1 Å². The van der Waals surface area contributed by atoms with E-state index in [1.54, 1.807) is 19.1 Å². The lowest BCUT2D eigenvalue weighted by Crippen LogP contribution is -2.35. The van der Waals surface area contributed by atoms with Crippen molar-refractivity contribution in [2.24, 2.45) is 5.92 Å². The molecule has 0 aliphatic carbocycles. The number of hydrogen-bond acceptors (Lipinski definition) is 5. The maximum Gasteiger partial charge on any atom is 0.264 e. The first-order chi connectivity index (χ1) is 13.1. The molecule has 0 unspecified atom stereocenters. The Hall–Kier alpha value is -2.39. The summed E-state index contributed by atoms with van der Waals surface area (Å²) in [6.07, 6.45) is 0.631. The van der Waals surface area contributed by atoms with Crippen LogP contribution in [0.25, 0.3) is 0 Å². The molecule has 1 saturated heterocycles. The van der Waals surface area contributed by atoms with Crippen LogP contribution in [0.3, 0.4) is 0 Å². The van der Waals surface area contributed by atoms with Crippen molar-refractivity contribution in [1.29, 1.82) is 0 Å². The standard InChI is InChI=1S/C19H20N2O5S2/c1-13-12-27(23,24)21(19(13)22)16-7-9-17(10-8-16)28(25,26)20-14(2)11-15-5-3-4-6-18(15)20/h3-10,13-14H,11-12H2,1-2H3/t13-,14+/m0/s1. The van der Waals surface area contributed by atoms with Crippen LogP contribution in [0.1, 0.15) is 19.4 Å². The molecule has 9 heteroatoms. The number of amides is 1. The summed E-state index contributed by atoms with van der Waals surface area (Å²) in [5, 5.41) is 0. The molecule has 7 nitrogen and oxygen atoms in total. The highest BCUT2D eigenvalue weighted by atomic mass is 32.2. The van der Waals surface area contributed by atoms with Crippen LogP contribution in [0, 0.1) is 5.92 Å². The van der Waals surface area contributed by atoms with E-state index in [1.807, 2.05) is 19.1 Å². The Morgan fingerprint density at radius 1 is 1.00 bits per heavy atom. The fourth-order valence-corrected chi connectivity index (χ4v) is 7.37. The van der Waals surface area contributed by atoms with Crippen molar-refractivity contribution in [2.45, 2.75) is 31.2 Å². The van der Waals surface area contributed by atoms with Crippen LogP contribution in [0.5, 0.6) is 0 Å². The number of carbonyl (C=O) groups excluding carboxylic acids is 1. The van der Waals surface area contributed by atoms with Crippen molar-refractivity contribution < 1.29 is 21.6 Å². The number of nitrogens with zero attached hydrogens (tertiary/aromatic N) is 2. The predicted molar refractivity (Wildman–Crippen MR) is 106 cm³/mol. The molecule has 0 aromatic heterocycles. The quantitative estimate of drug-likeness (QED) is 0.759. The topological polar surface area (TPSA) is 91.8 Å². The van der Waals surface area contributed by atoms with Gasteiger partial charge in [-0.05, 0) is 49.2 Å². The lowest BCUT2D eigenvalue weighted by Gasteiger charge is -2.25. The molecular formula is C19H20N2O5S2. The molecule has 0 spiro atoms. The Labute approximate surface area is 164 Å². The van der Waals surface area contributed by atoms with Gasteiger partial charge in [0.25, 0.3) is 10.0 Å². The number of rotatable bonds is 3. The van der Waals surface area contributed by atoms with Crippen LogP contribution in [0.2, 0.25) is 0 Å². The second-order valence-corrected chi connectivity index (χ2v) is 10.9. The molecule has 2 atom stereocenters. The van der Waals surface area contributed by atoms with Crippen molar-refractivity contribution in [3.63, 3.8) is 0 Å². The fourth-order valence-electron chi connectivity index (χ4n) is 3.86. The predicted octanol–water partition coefficient (Wildman–Crippen LogP) is 2.14. The maximum absolute atomic E-state index is 13.2. The third kappa shape index (κ3) is 2.80. The molecule has 2 aliphatic rings. The average Bonchev–Trinajstić information content (AvgIpc) is 3.07. The highest BCUT2D eigenvalue weighted by Crippen LogP contribution is 2.37. The first-order valence-corrected chi connectivity index (χ1v) is 12.0. The Morgan fingerprint density at radius 2 is 1.64 bits per heavy atom. The molecular weight excluding hydrogens is 400 g/mol. The van der Waals surface area contributed by atoms with Gasteiger partial charge in [-0.3, -0.25) is 9.10 Å². The van der Waals surface area contributed by atoms with Crippen molar-refractivity contribution in [3.05, 3.63) is 54.1 Å². The highest BCUT2D eigenvalue weighted by Gasteiger charge is 2.42. The highest BCUT2D eigenvalue weighted by molar-refractivity contribution is 7.94. The van der Waals surface area contributed by atoms with E-state index in [4.69, 9.17) is 0 Å². The SMILES string of the molecule is C[C@@H]1Cc2ccccc2N1S(=O)(=O)c1ccc(N2C(=O)[C@@H](C)CS2(=O)=O)cc1. The zero-order chi connectivity index (χ0) is 20.3. The number of carbonyl (C=O) groups is 1. The normalized spacial score (nSPS) is 23.9. The summed E-state index contributed by atoms with van der Waals surface area (Å²) < 4.78 is 53.1. The van der Waals surface area contributed by atoms with Gasteiger partial charge >= 0.3 is 0 Å². The minimum Gasteiger partial charge on any atom is -0.273 e. The fraction of sp³-hybridized carbons (Fsp3) is 0.316. The van der Waals surface area contributed by atoms with Gasteiger partial charge in [0, 0.05) is 6.04 Å². The summed E-state index contributed by atoms with van der Waals surface area (Å²) in [6, 6.07) is 12.6. The first kappa shape index (κ1) is 18.9. The first-order valence-electron chi connectivity index (χ1n) is 8.92. The van der Waals surface area contributed by atoms with E-state index in [0.717, 1.165) is 9.87 Å². The lowest BCUT2D eigenvalue weighted by molar-refractivity contribution is -0.119. The molecule has 0 radical (unpaired) electrons. The van der Waals surface area contributed by atoms with Crippen molar-refractivity contribution in [3.8, 4) is 0 Å². The van der Waals surface area contributed by atoms with Crippen LogP contribution in [0.4, 0.5) is 11.4 Å². The van der Waals surface area contributed by atoms with Gasteiger partial charge < -0.3 is 0 Å². The monoisotopic (exact) mass is 420 g/mol. The molecule has 2 aromatic carbocycles. The lowest BCUT2D eigenvalue weighted by atomic mass is 10.1. The third-order valence-electron chi connectivity index (χ3n) is 5.13. The van der Waals surface area contributed by atoms with E-state index in [2.05, 4.69) is 0 Å². The molecule has 148 valence electrons. The summed E-state index contributed by atoms with van der Waals surface area (Å²) in [7, 11) is -7.54. The number of hydrogen-bond donors (Lipinski definition) is 0. The zero-order valence-corrected chi connectivity index (χ0v) is 17.1. The smallest absolute Gasteiger partial charge is 0.264 e. The largest absolute Gasteiger partial charge is 0.273 e. The van der Waals surface area contributed by atoms with Gasteiger partial charge in [0.15, 0.2) is 0 Å². The summed E-state index contributed by atoms with van der Waals surface area (Å²) in [5.74, 6) is -1.36. The van der Waals surface area contributed by atoms with Crippen LogP contribution in [-0.4, -0.2) is 34.5 Å². The second-order valence-electron chi connectivity index (χ2n) is 7.26. The molecule has 2 aromatic rings. The van der Waals surface area contributed by atoms with E-state index >= 15 is 0 Å². The van der Waals surface area contributed by atoms with Gasteiger partial charge in [-0.1, -0.05) is 25.1 Å². The number of benzene rings is 2. The minimum absolute atomic E-state index is 0.0527. The summed E-state index contributed by atoms with van der Waals surface area (Å²) >= 11 is 0. The third-order valence-corrected chi connectivity index (χ3v) is 8.94. The molecule has 0 N–H and O–H groups in total. The number of sulfonamides is 2. The summed E-state index contributed by atoms with van der Waals surface area (Å²) in [4.78, 5) is 12.3. The second kappa shape index (κ2) is 6.31. The Bertz CT molecular complexity index is 1160. The van der Waals surface area contributed by atoms with Gasteiger partial charge in [0.1, 0.15) is 0 Å². The van der Waals surface area contributed by atoms with E-state index < -0.39 is 31.9 Å². The number of para-hydroxylation sites is 1. The Morgan fingerprint density at radius 3 is 2.25 bits per heavy atom. The molecule has 0 bridgehead atoms. The molecule has 28 heavy (non-hydrogen) atoms. The maximum atomic E-state index is 13.2. The zero-order valence-electron chi connectivity index (χ0n) is 15.4. The van der Waals surface area contributed by atoms with E-state index in [9.17, 15) is 21.6 Å². The molecule has 4 rings (SSSR count). The minimum atomic E-state index is -3.81. The van der Waals surface area contributed by atoms with Crippen LogP contribution in [-0.2, 0) is 31.3 Å². The van der Waals surface area contributed by atoms with Crippen molar-refractivity contribution in [1.82, 2.24) is 0 Å². The summed E-state index contributed by atoms with van der Waals surface area (Å²) in [6.45, 7) is 3.41. The van der Waals surface area contributed by atoms with E-state index in [-0.39, 0.29) is 22.4 Å². The Balaban J connectivity index is 1.71. The van der Waals surface area contributed by atoms with Crippen molar-refractivity contribution in [2.75, 3.05) is 14.4 Å². The molecule has 2 aliphatic heterocycles. The van der Waals surface area contributed by atoms with Crippen LogP contribution >= 0.6 is 0 Å². The molecule has 0 saturated carbocycles.